The highest BCUT2D eigenvalue weighted by atomic mass is 79.9. The van der Waals surface area contributed by atoms with Gasteiger partial charge in [-0.3, -0.25) is 4.79 Å². The minimum Gasteiger partial charge on any atom is -0.486 e. The Labute approximate surface area is 135 Å². The summed E-state index contributed by atoms with van der Waals surface area (Å²) in [5, 5.41) is 4.44. The number of carbonyl (C=O) groups is 1. The number of amides is 1. The van der Waals surface area contributed by atoms with Crippen molar-refractivity contribution in [3.05, 3.63) is 23.8 Å². The average Bonchev–Trinajstić information content (AvgIpc) is 2.52. The molecule has 0 saturated carbocycles. The largest absolute Gasteiger partial charge is 0.486 e. The molecular weight excluding hydrogens is 390 g/mol. The van der Waals surface area contributed by atoms with E-state index in [4.69, 9.17) is 9.47 Å². The fourth-order valence-corrected chi connectivity index (χ4v) is 3.94. The van der Waals surface area contributed by atoms with E-state index in [1.54, 1.807) is 12.1 Å². The van der Waals surface area contributed by atoms with Gasteiger partial charge < -0.3 is 14.8 Å². The SMILES string of the molecule is CCC(CBr)(CBr)NC(=O)c1cccc2c1OCCO2. The first-order valence-corrected chi connectivity index (χ1v) is 8.73. The van der Waals surface area contributed by atoms with Gasteiger partial charge in [-0.15, -0.1) is 0 Å². The second-order valence-corrected chi connectivity index (χ2v) is 5.81. The minimum absolute atomic E-state index is 0.145. The Hall–Kier alpha value is -0.750. The quantitative estimate of drug-likeness (QED) is 0.764. The molecule has 1 aliphatic heterocycles. The van der Waals surface area contributed by atoms with E-state index in [2.05, 4.69) is 37.2 Å². The highest BCUT2D eigenvalue weighted by Crippen LogP contribution is 2.34. The topological polar surface area (TPSA) is 47.6 Å². The maximum absolute atomic E-state index is 12.5. The summed E-state index contributed by atoms with van der Waals surface area (Å²) >= 11 is 6.94. The van der Waals surface area contributed by atoms with Crippen molar-refractivity contribution in [3.8, 4) is 11.5 Å². The molecule has 0 aromatic heterocycles. The van der Waals surface area contributed by atoms with E-state index in [1.807, 2.05) is 13.0 Å². The summed E-state index contributed by atoms with van der Waals surface area (Å²) in [7, 11) is 0. The second kappa shape index (κ2) is 6.80. The second-order valence-electron chi connectivity index (χ2n) is 4.69. The van der Waals surface area contributed by atoms with E-state index >= 15 is 0 Å². The molecule has 0 atom stereocenters. The first-order valence-electron chi connectivity index (χ1n) is 6.49. The van der Waals surface area contributed by atoms with Crippen LogP contribution < -0.4 is 14.8 Å². The number of hydrogen-bond acceptors (Lipinski definition) is 3. The Morgan fingerprint density at radius 3 is 2.65 bits per heavy atom. The summed E-state index contributed by atoms with van der Waals surface area (Å²) in [4.78, 5) is 12.5. The lowest BCUT2D eigenvalue weighted by molar-refractivity contribution is 0.0904. The van der Waals surface area contributed by atoms with Crippen LogP contribution in [-0.4, -0.2) is 35.3 Å². The van der Waals surface area contributed by atoms with Crippen molar-refractivity contribution in [3.63, 3.8) is 0 Å². The molecule has 110 valence electrons. The lowest BCUT2D eigenvalue weighted by atomic mass is 10.0. The van der Waals surface area contributed by atoms with Crippen molar-refractivity contribution >= 4 is 37.8 Å². The minimum atomic E-state index is -0.310. The van der Waals surface area contributed by atoms with Crippen LogP contribution in [0.1, 0.15) is 23.7 Å². The zero-order valence-corrected chi connectivity index (χ0v) is 14.4. The third-order valence-electron chi connectivity index (χ3n) is 3.38. The lowest BCUT2D eigenvalue weighted by Gasteiger charge is -2.30. The maximum Gasteiger partial charge on any atom is 0.255 e. The molecule has 4 nitrogen and oxygen atoms in total. The molecule has 1 aliphatic rings. The molecule has 0 saturated heterocycles. The van der Waals surface area contributed by atoms with Crippen molar-refractivity contribution in [2.75, 3.05) is 23.9 Å². The molecule has 0 fully saturated rings. The molecule has 0 spiro atoms. The first kappa shape index (κ1) is 15.6. The van der Waals surface area contributed by atoms with Gasteiger partial charge in [0, 0.05) is 10.7 Å². The zero-order chi connectivity index (χ0) is 14.6. The molecular formula is C14H17Br2NO3. The standard InChI is InChI=1S/C14H17Br2NO3/c1-2-14(8-15,9-16)17-13(18)10-4-3-5-11-12(10)20-7-6-19-11/h3-5H,2,6-9H2,1H3,(H,17,18). The summed E-state index contributed by atoms with van der Waals surface area (Å²) < 4.78 is 11.1. The van der Waals surface area contributed by atoms with E-state index in [-0.39, 0.29) is 11.4 Å². The van der Waals surface area contributed by atoms with Crippen LogP contribution in [0.2, 0.25) is 0 Å². The van der Waals surface area contributed by atoms with Gasteiger partial charge in [0.25, 0.3) is 5.91 Å². The molecule has 1 amide bonds. The number of benzene rings is 1. The van der Waals surface area contributed by atoms with Gasteiger partial charge in [-0.2, -0.15) is 0 Å². The van der Waals surface area contributed by atoms with Crippen molar-refractivity contribution in [2.45, 2.75) is 18.9 Å². The normalized spacial score (nSPS) is 13.9. The summed E-state index contributed by atoms with van der Waals surface area (Å²) in [5.74, 6) is 1.02. The van der Waals surface area contributed by atoms with Crippen LogP contribution in [0.5, 0.6) is 11.5 Å². The van der Waals surface area contributed by atoms with Gasteiger partial charge >= 0.3 is 0 Å². The molecule has 0 radical (unpaired) electrons. The highest BCUT2D eigenvalue weighted by Gasteiger charge is 2.30. The van der Waals surface area contributed by atoms with E-state index in [1.165, 1.54) is 0 Å². The number of ether oxygens (including phenoxy) is 2. The monoisotopic (exact) mass is 405 g/mol. The van der Waals surface area contributed by atoms with Crippen LogP contribution in [0.3, 0.4) is 0 Å². The van der Waals surface area contributed by atoms with Gasteiger partial charge in [0.2, 0.25) is 0 Å². The van der Waals surface area contributed by atoms with Crippen LogP contribution in [0.15, 0.2) is 18.2 Å². The maximum atomic E-state index is 12.5. The number of rotatable bonds is 5. The van der Waals surface area contributed by atoms with Crippen LogP contribution in [0.4, 0.5) is 0 Å². The lowest BCUT2D eigenvalue weighted by Crippen LogP contribution is -2.51. The molecule has 1 aromatic rings. The van der Waals surface area contributed by atoms with Crippen molar-refractivity contribution in [2.24, 2.45) is 0 Å². The zero-order valence-electron chi connectivity index (χ0n) is 11.2. The third kappa shape index (κ3) is 3.11. The van der Waals surface area contributed by atoms with E-state index in [0.29, 0.717) is 40.9 Å². The number of halogens is 2. The molecule has 20 heavy (non-hydrogen) atoms. The van der Waals surface area contributed by atoms with Gasteiger partial charge in [0.1, 0.15) is 13.2 Å². The van der Waals surface area contributed by atoms with Gasteiger partial charge in [0.15, 0.2) is 11.5 Å². The molecule has 1 N–H and O–H groups in total. The molecule has 6 heteroatoms. The van der Waals surface area contributed by atoms with Crippen LogP contribution in [0.25, 0.3) is 0 Å². The van der Waals surface area contributed by atoms with Crippen molar-refractivity contribution in [1.29, 1.82) is 0 Å². The predicted octanol–water partition coefficient (Wildman–Crippen LogP) is 3.13. The van der Waals surface area contributed by atoms with Gasteiger partial charge in [-0.1, -0.05) is 44.8 Å². The van der Waals surface area contributed by atoms with Crippen LogP contribution >= 0.6 is 31.9 Å². The number of alkyl halides is 2. The highest BCUT2D eigenvalue weighted by molar-refractivity contribution is 9.09. The number of nitrogens with one attached hydrogen (secondary N) is 1. The predicted molar refractivity (Wildman–Crippen MR) is 85.5 cm³/mol. The molecule has 0 unspecified atom stereocenters. The summed E-state index contributed by atoms with van der Waals surface area (Å²) in [6, 6.07) is 5.37. The fourth-order valence-electron chi connectivity index (χ4n) is 1.94. The number of fused-ring (bicyclic) bond motifs is 1. The Bertz CT molecular complexity index is 481. The summed E-state index contributed by atoms with van der Waals surface area (Å²) in [5.41, 5.74) is 0.205. The third-order valence-corrected chi connectivity index (χ3v) is 5.52. The number of carbonyl (C=O) groups excluding carboxylic acids is 1. The Balaban J connectivity index is 2.25. The Morgan fingerprint density at radius 2 is 2.00 bits per heavy atom. The molecule has 0 bridgehead atoms. The smallest absolute Gasteiger partial charge is 0.255 e. The fraction of sp³-hybridized carbons (Fsp3) is 0.500. The van der Waals surface area contributed by atoms with E-state index in [0.717, 1.165) is 6.42 Å². The van der Waals surface area contributed by atoms with E-state index in [9.17, 15) is 4.79 Å². The van der Waals surface area contributed by atoms with Crippen molar-refractivity contribution < 1.29 is 14.3 Å². The van der Waals surface area contributed by atoms with Crippen LogP contribution in [0, 0.1) is 0 Å². The van der Waals surface area contributed by atoms with Gasteiger partial charge in [-0.05, 0) is 18.6 Å². The van der Waals surface area contributed by atoms with Gasteiger partial charge in [0.05, 0.1) is 11.1 Å². The van der Waals surface area contributed by atoms with Crippen LogP contribution in [-0.2, 0) is 0 Å². The van der Waals surface area contributed by atoms with Gasteiger partial charge in [-0.25, -0.2) is 0 Å². The summed E-state index contributed by atoms with van der Waals surface area (Å²) in [6.07, 6.45) is 0.821. The number of hydrogen-bond donors (Lipinski definition) is 1. The molecule has 1 heterocycles. The Morgan fingerprint density at radius 1 is 1.30 bits per heavy atom. The number of para-hydroxylation sites is 1. The average molecular weight is 407 g/mol. The molecule has 1 aromatic carbocycles. The van der Waals surface area contributed by atoms with Crippen molar-refractivity contribution in [1.82, 2.24) is 5.32 Å². The Kier molecular flexibility index (Phi) is 5.32. The van der Waals surface area contributed by atoms with E-state index < -0.39 is 0 Å². The summed E-state index contributed by atoms with van der Waals surface area (Å²) in [6.45, 7) is 3.02. The first-order chi connectivity index (χ1) is 9.65. The molecule has 2 rings (SSSR count). The molecule has 0 aliphatic carbocycles.